The monoisotopic (exact) mass is 304 g/mol. The van der Waals surface area contributed by atoms with Gasteiger partial charge in [-0.2, -0.15) is 0 Å². The highest BCUT2D eigenvalue weighted by atomic mass is 35.5. The third kappa shape index (κ3) is 3.64. The molecule has 0 fully saturated rings. The van der Waals surface area contributed by atoms with E-state index in [1.807, 2.05) is 0 Å². The lowest BCUT2D eigenvalue weighted by molar-refractivity contribution is -0.420. The molecule has 0 atom stereocenters. The Hall–Kier alpha value is -2.73. The molecule has 2 rings (SSSR count). The number of halogens is 1. The standard InChI is InChI=1S/C14H9ClN2O4/c15-9-1-3-10(4-2-9)16-8-13(17(20)21)12-7-11(18)5-6-14(12)19/h1-8,16H/b13-8-. The van der Waals surface area contributed by atoms with Gasteiger partial charge in [0.05, 0.1) is 11.1 Å². The Bertz CT molecular complexity index is 702. The van der Waals surface area contributed by atoms with Crippen LogP contribution in [0.1, 0.15) is 0 Å². The molecule has 1 aliphatic carbocycles. The molecule has 0 heterocycles. The molecular weight excluding hydrogens is 296 g/mol. The average molecular weight is 305 g/mol. The summed E-state index contributed by atoms with van der Waals surface area (Å²) in [5.74, 6) is -1.06. The summed E-state index contributed by atoms with van der Waals surface area (Å²) in [6.07, 6.45) is 4.09. The van der Waals surface area contributed by atoms with Crippen molar-refractivity contribution < 1.29 is 14.5 Å². The smallest absolute Gasteiger partial charge is 0.296 e. The maximum atomic E-state index is 11.6. The highest BCUT2D eigenvalue weighted by Gasteiger charge is 2.25. The van der Waals surface area contributed by atoms with Gasteiger partial charge in [0.15, 0.2) is 11.6 Å². The summed E-state index contributed by atoms with van der Waals surface area (Å²) in [6.45, 7) is 0. The number of carbonyl (C=O) groups excluding carboxylic acids is 2. The van der Waals surface area contributed by atoms with Crippen molar-refractivity contribution in [1.82, 2.24) is 0 Å². The second-order valence-corrected chi connectivity index (χ2v) is 4.53. The third-order valence-electron chi connectivity index (χ3n) is 2.64. The number of allylic oxidation sites excluding steroid dienone is 4. The zero-order chi connectivity index (χ0) is 15.4. The van der Waals surface area contributed by atoms with Gasteiger partial charge in [-0.05, 0) is 36.4 Å². The molecule has 0 saturated carbocycles. The molecule has 1 N–H and O–H groups in total. The largest absolute Gasteiger partial charge is 0.356 e. The van der Waals surface area contributed by atoms with Crippen LogP contribution in [0.4, 0.5) is 5.69 Å². The first-order chi connectivity index (χ1) is 9.97. The van der Waals surface area contributed by atoms with Gasteiger partial charge in [0.2, 0.25) is 0 Å². The summed E-state index contributed by atoms with van der Waals surface area (Å²) < 4.78 is 0. The second kappa shape index (κ2) is 6.15. The maximum absolute atomic E-state index is 11.6. The fraction of sp³-hybridized carbons (Fsp3) is 0. The van der Waals surface area contributed by atoms with Crippen LogP contribution in [0.3, 0.4) is 0 Å². The first-order valence-electron chi connectivity index (χ1n) is 5.82. The molecule has 7 heteroatoms. The normalized spacial score (nSPS) is 14.9. The molecule has 0 saturated heterocycles. The molecule has 106 valence electrons. The number of anilines is 1. The van der Waals surface area contributed by atoms with Gasteiger partial charge in [-0.25, -0.2) is 0 Å². The van der Waals surface area contributed by atoms with E-state index in [1.165, 1.54) is 0 Å². The maximum Gasteiger partial charge on any atom is 0.296 e. The van der Waals surface area contributed by atoms with Crippen LogP contribution in [0, 0.1) is 10.1 Å². The van der Waals surface area contributed by atoms with Gasteiger partial charge in [-0.3, -0.25) is 19.7 Å². The van der Waals surface area contributed by atoms with Crippen LogP contribution in [-0.2, 0) is 9.59 Å². The van der Waals surface area contributed by atoms with Crippen molar-refractivity contribution in [2.75, 3.05) is 5.32 Å². The number of nitro groups is 1. The molecular formula is C14H9ClN2O4. The lowest BCUT2D eigenvalue weighted by atomic mass is 10.0. The summed E-state index contributed by atoms with van der Waals surface area (Å²) >= 11 is 5.73. The summed E-state index contributed by atoms with van der Waals surface area (Å²) in [7, 11) is 0. The topological polar surface area (TPSA) is 89.3 Å². The number of rotatable bonds is 4. The fourth-order valence-corrected chi connectivity index (χ4v) is 1.76. The lowest BCUT2D eigenvalue weighted by Gasteiger charge is -2.05. The molecule has 0 unspecified atom stereocenters. The number of nitrogens with one attached hydrogen (secondary N) is 1. The van der Waals surface area contributed by atoms with E-state index in [0.717, 1.165) is 24.4 Å². The number of benzene rings is 1. The average Bonchev–Trinajstić information content (AvgIpc) is 2.44. The van der Waals surface area contributed by atoms with Crippen LogP contribution in [0.5, 0.6) is 0 Å². The Kier molecular flexibility index (Phi) is 4.30. The molecule has 21 heavy (non-hydrogen) atoms. The van der Waals surface area contributed by atoms with Gasteiger partial charge in [-0.1, -0.05) is 11.6 Å². The van der Waals surface area contributed by atoms with Gasteiger partial charge >= 0.3 is 0 Å². The summed E-state index contributed by atoms with van der Waals surface area (Å²) in [4.78, 5) is 33.3. The predicted octanol–water partition coefficient (Wildman–Crippen LogP) is 2.50. The summed E-state index contributed by atoms with van der Waals surface area (Å²) in [5, 5.41) is 14.3. The van der Waals surface area contributed by atoms with Crippen LogP contribution in [0.2, 0.25) is 5.02 Å². The predicted molar refractivity (Wildman–Crippen MR) is 77.4 cm³/mol. The Morgan fingerprint density at radius 1 is 1.19 bits per heavy atom. The van der Waals surface area contributed by atoms with E-state index in [0.29, 0.717) is 10.7 Å². The number of carbonyl (C=O) groups is 2. The molecule has 0 bridgehead atoms. The molecule has 1 aromatic carbocycles. The molecule has 0 radical (unpaired) electrons. The Labute approximate surface area is 124 Å². The van der Waals surface area contributed by atoms with Crippen molar-refractivity contribution in [3.05, 3.63) is 75.1 Å². The quantitative estimate of drug-likeness (QED) is 0.524. The molecule has 1 aliphatic rings. The molecule has 6 nitrogen and oxygen atoms in total. The third-order valence-corrected chi connectivity index (χ3v) is 2.90. The number of hydrogen-bond donors (Lipinski definition) is 1. The van der Waals surface area contributed by atoms with Gasteiger partial charge < -0.3 is 5.32 Å². The van der Waals surface area contributed by atoms with Crippen molar-refractivity contribution in [2.45, 2.75) is 0 Å². The van der Waals surface area contributed by atoms with Gasteiger partial charge in [0, 0.05) is 16.8 Å². The first-order valence-corrected chi connectivity index (χ1v) is 6.20. The Morgan fingerprint density at radius 3 is 2.48 bits per heavy atom. The summed E-state index contributed by atoms with van der Waals surface area (Å²) in [5.41, 5.74) is -0.175. The fourth-order valence-electron chi connectivity index (χ4n) is 1.64. The van der Waals surface area contributed by atoms with E-state index < -0.39 is 22.2 Å². The minimum atomic E-state index is -0.723. The van der Waals surface area contributed by atoms with Gasteiger partial charge in [0.25, 0.3) is 5.70 Å². The van der Waals surface area contributed by atoms with E-state index in [2.05, 4.69) is 5.32 Å². The number of ketones is 2. The summed E-state index contributed by atoms with van der Waals surface area (Å²) in [6, 6.07) is 6.47. The van der Waals surface area contributed by atoms with E-state index >= 15 is 0 Å². The van der Waals surface area contributed by atoms with E-state index in [1.54, 1.807) is 24.3 Å². The van der Waals surface area contributed by atoms with Crippen molar-refractivity contribution in [3.8, 4) is 0 Å². The van der Waals surface area contributed by atoms with Crippen LogP contribution < -0.4 is 5.32 Å². The number of hydrogen-bond acceptors (Lipinski definition) is 5. The zero-order valence-corrected chi connectivity index (χ0v) is 11.3. The Morgan fingerprint density at radius 2 is 1.86 bits per heavy atom. The minimum absolute atomic E-state index is 0.256. The van der Waals surface area contributed by atoms with E-state index in [9.17, 15) is 19.7 Å². The SMILES string of the molecule is O=C1C=CC(=O)C(/C(=C/Nc2ccc(Cl)cc2)[N+](=O)[O-])=C1. The molecule has 0 aliphatic heterocycles. The van der Waals surface area contributed by atoms with Crippen LogP contribution in [-0.4, -0.2) is 16.5 Å². The zero-order valence-electron chi connectivity index (χ0n) is 10.6. The van der Waals surface area contributed by atoms with Crippen LogP contribution in [0.25, 0.3) is 0 Å². The van der Waals surface area contributed by atoms with E-state index in [4.69, 9.17) is 11.6 Å². The van der Waals surface area contributed by atoms with Crippen LogP contribution >= 0.6 is 11.6 Å². The van der Waals surface area contributed by atoms with Gasteiger partial charge in [-0.15, -0.1) is 0 Å². The molecule has 0 spiro atoms. The van der Waals surface area contributed by atoms with Crippen molar-refractivity contribution in [3.63, 3.8) is 0 Å². The highest BCUT2D eigenvalue weighted by molar-refractivity contribution is 6.30. The van der Waals surface area contributed by atoms with E-state index in [-0.39, 0.29) is 5.57 Å². The molecule has 1 aromatic rings. The van der Waals surface area contributed by atoms with Gasteiger partial charge in [0.1, 0.15) is 5.57 Å². The minimum Gasteiger partial charge on any atom is -0.356 e. The lowest BCUT2D eigenvalue weighted by Crippen LogP contribution is -2.15. The molecule has 0 amide bonds. The van der Waals surface area contributed by atoms with Crippen molar-refractivity contribution in [1.29, 1.82) is 0 Å². The first kappa shape index (κ1) is 14.7. The van der Waals surface area contributed by atoms with Crippen molar-refractivity contribution >= 4 is 28.9 Å². The van der Waals surface area contributed by atoms with Crippen LogP contribution in [0.15, 0.2) is 60.0 Å². The Balaban J connectivity index is 2.29. The molecule has 0 aromatic heterocycles. The van der Waals surface area contributed by atoms with Crippen molar-refractivity contribution in [2.24, 2.45) is 0 Å². The number of nitrogens with zero attached hydrogens (tertiary/aromatic N) is 1. The highest BCUT2D eigenvalue weighted by Crippen LogP contribution is 2.18. The second-order valence-electron chi connectivity index (χ2n) is 4.10.